The van der Waals surface area contributed by atoms with Gasteiger partial charge in [-0.15, -0.1) is 0 Å². The first-order valence-corrected chi connectivity index (χ1v) is 8.89. The summed E-state index contributed by atoms with van der Waals surface area (Å²) in [6, 6.07) is 2.13. The lowest BCUT2D eigenvalue weighted by atomic mass is 9.78. The predicted octanol–water partition coefficient (Wildman–Crippen LogP) is 3.50. The van der Waals surface area contributed by atoms with Crippen molar-refractivity contribution in [1.29, 1.82) is 0 Å². The van der Waals surface area contributed by atoms with Crippen LogP contribution in [0, 0.1) is 5.41 Å². The number of hydrogen-bond donors (Lipinski definition) is 1. The van der Waals surface area contributed by atoms with Gasteiger partial charge in [-0.3, -0.25) is 4.79 Å². The molecule has 1 aromatic heterocycles. The van der Waals surface area contributed by atoms with Crippen LogP contribution in [-0.4, -0.2) is 41.6 Å². The molecule has 1 rings (SSSR count). The quantitative estimate of drug-likeness (QED) is 0.716. The molecule has 0 saturated heterocycles. The van der Waals surface area contributed by atoms with Crippen LogP contribution in [0.4, 0.5) is 0 Å². The number of carbonyl (C=O) groups excluding carboxylic acids is 1. The Labute approximate surface area is 140 Å². The molecule has 132 valence electrons. The van der Waals surface area contributed by atoms with Gasteiger partial charge in [-0.2, -0.15) is 0 Å². The Hall–Kier alpha value is -1.36. The molecule has 0 aliphatic heterocycles. The highest BCUT2D eigenvalue weighted by molar-refractivity contribution is 5.92. The fourth-order valence-corrected chi connectivity index (χ4v) is 3.19. The maximum Gasteiger partial charge on any atom is 0.273 e. The van der Waals surface area contributed by atoms with Gasteiger partial charge < -0.3 is 14.7 Å². The maximum atomic E-state index is 12.3. The molecule has 0 radical (unpaired) electrons. The topological polar surface area (TPSA) is 58.4 Å². The average Bonchev–Trinajstić information content (AvgIpc) is 3.03. The van der Waals surface area contributed by atoms with Crippen LogP contribution in [0.5, 0.6) is 0 Å². The molecule has 0 aromatic carbocycles. The van der Waals surface area contributed by atoms with Gasteiger partial charge in [0.25, 0.3) is 5.91 Å². The Balaban J connectivity index is 2.76. The Kier molecular flexibility index (Phi) is 7.76. The highest BCUT2D eigenvalue weighted by Crippen LogP contribution is 2.30. The second kappa shape index (κ2) is 9.06. The summed E-state index contributed by atoms with van der Waals surface area (Å²) in [5.41, 5.74) is 0.407. The predicted molar refractivity (Wildman–Crippen MR) is 93.6 cm³/mol. The van der Waals surface area contributed by atoms with E-state index in [2.05, 4.69) is 50.0 Å². The van der Waals surface area contributed by atoms with Crippen LogP contribution in [0.15, 0.2) is 10.6 Å². The fourth-order valence-electron chi connectivity index (χ4n) is 3.19. The molecule has 0 aliphatic carbocycles. The number of rotatable bonds is 10. The lowest BCUT2D eigenvalue weighted by Gasteiger charge is -2.42. The molecule has 0 aliphatic rings. The normalized spacial score (nSPS) is 15.4. The third-order valence-corrected chi connectivity index (χ3v) is 4.98. The van der Waals surface area contributed by atoms with Crippen molar-refractivity contribution in [3.05, 3.63) is 17.5 Å². The van der Waals surface area contributed by atoms with Crippen molar-refractivity contribution in [1.82, 2.24) is 15.4 Å². The molecule has 5 nitrogen and oxygen atoms in total. The zero-order valence-corrected chi connectivity index (χ0v) is 15.6. The maximum absolute atomic E-state index is 12.3. The van der Waals surface area contributed by atoms with Crippen molar-refractivity contribution < 1.29 is 9.32 Å². The van der Waals surface area contributed by atoms with E-state index in [-0.39, 0.29) is 11.3 Å². The molecule has 1 heterocycles. The number of nitrogens with zero attached hydrogens (tertiary/aromatic N) is 2. The first-order chi connectivity index (χ1) is 10.9. The van der Waals surface area contributed by atoms with Gasteiger partial charge in [0.2, 0.25) is 0 Å². The minimum Gasteiger partial charge on any atom is -0.361 e. The standard InChI is InChI=1S/C18H33N3O2/c1-7-11-18(6,14(5)21(9-3)10-4)13-19-17(22)16-12-15(8-2)23-20-16/h12,14H,7-11,13H2,1-6H3,(H,19,22). The van der Waals surface area contributed by atoms with Crippen LogP contribution in [-0.2, 0) is 6.42 Å². The molecule has 2 atom stereocenters. The van der Waals surface area contributed by atoms with Crippen LogP contribution in [0.3, 0.4) is 0 Å². The van der Waals surface area contributed by atoms with Gasteiger partial charge in [0.1, 0.15) is 5.76 Å². The van der Waals surface area contributed by atoms with E-state index in [9.17, 15) is 4.79 Å². The van der Waals surface area contributed by atoms with Gasteiger partial charge >= 0.3 is 0 Å². The molecular formula is C18H33N3O2. The lowest BCUT2D eigenvalue weighted by molar-refractivity contribution is 0.0748. The number of amides is 1. The van der Waals surface area contributed by atoms with E-state index in [4.69, 9.17) is 4.52 Å². The second-order valence-corrected chi connectivity index (χ2v) is 6.52. The van der Waals surface area contributed by atoms with Crippen LogP contribution in [0.1, 0.15) is 70.6 Å². The zero-order chi connectivity index (χ0) is 17.5. The number of aryl methyl sites for hydroxylation is 1. The molecule has 0 bridgehead atoms. The van der Waals surface area contributed by atoms with E-state index >= 15 is 0 Å². The second-order valence-electron chi connectivity index (χ2n) is 6.52. The van der Waals surface area contributed by atoms with Gasteiger partial charge in [-0.1, -0.05) is 46.2 Å². The van der Waals surface area contributed by atoms with Crippen molar-refractivity contribution in [2.45, 2.75) is 66.8 Å². The van der Waals surface area contributed by atoms with E-state index in [1.165, 1.54) is 0 Å². The summed E-state index contributed by atoms with van der Waals surface area (Å²) >= 11 is 0. The van der Waals surface area contributed by atoms with Crippen molar-refractivity contribution in [3.8, 4) is 0 Å². The lowest BCUT2D eigenvalue weighted by Crippen LogP contribution is -2.50. The van der Waals surface area contributed by atoms with E-state index in [1.54, 1.807) is 6.07 Å². The largest absolute Gasteiger partial charge is 0.361 e. The minimum absolute atomic E-state index is 0.0355. The molecule has 0 fully saturated rings. The SMILES string of the molecule is CCCC(C)(CNC(=O)c1cc(CC)on1)C(C)N(CC)CC. The van der Waals surface area contributed by atoms with Crippen molar-refractivity contribution in [2.75, 3.05) is 19.6 Å². The zero-order valence-electron chi connectivity index (χ0n) is 15.6. The minimum atomic E-state index is -0.150. The molecular weight excluding hydrogens is 290 g/mol. The van der Waals surface area contributed by atoms with Gasteiger partial charge in [-0.05, 0) is 26.4 Å². The van der Waals surface area contributed by atoms with E-state index < -0.39 is 0 Å². The van der Waals surface area contributed by atoms with Gasteiger partial charge in [0, 0.05) is 30.5 Å². The number of aromatic nitrogens is 1. The Morgan fingerprint density at radius 1 is 1.35 bits per heavy atom. The van der Waals surface area contributed by atoms with Crippen LogP contribution in [0.25, 0.3) is 0 Å². The summed E-state index contributed by atoms with van der Waals surface area (Å²) in [5.74, 6) is 0.588. The third-order valence-electron chi connectivity index (χ3n) is 4.98. The summed E-state index contributed by atoms with van der Waals surface area (Å²) in [7, 11) is 0. The average molecular weight is 323 g/mol. The Morgan fingerprint density at radius 3 is 2.48 bits per heavy atom. The smallest absolute Gasteiger partial charge is 0.273 e. The highest BCUT2D eigenvalue weighted by atomic mass is 16.5. The monoisotopic (exact) mass is 323 g/mol. The molecule has 1 aromatic rings. The summed E-state index contributed by atoms with van der Waals surface area (Å²) in [5, 5.41) is 6.91. The number of nitrogens with one attached hydrogen (secondary N) is 1. The van der Waals surface area contributed by atoms with Gasteiger partial charge in [0.05, 0.1) is 0 Å². The van der Waals surface area contributed by atoms with E-state index in [0.717, 1.165) is 38.1 Å². The van der Waals surface area contributed by atoms with Crippen LogP contribution < -0.4 is 5.32 Å². The number of hydrogen-bond acceptors (Lipinski definition) is 4. The van der Waals surface area contributed by atoms with E-state index in [1.807, 2.05) is 6.92 Å². The van der Waals surface area contributed by atoms with Crippen LogP contribution in [0.2, 0.25) is 0 Å². The van der Waals surface area contributed by atoms with Crippen LogP contribution >= 0.6 is 0 Å². The first kappa shape index (κ1) is 19.7. The summed E-state index contributed by atoms with van der Waals surface area (Å²) in [4.78, 5) is 14.8. The van der Waals surface area contributed by atoms with Crippen molar-refractivity contribution in [3.63, 3.8) is 0 Å². The van der Waals surface area contributed by atoms with Gasteiger partial charge in [-0.25, -0.2) is 0 Å². The highest BCUT2D eigenvalue weighted by Gasteiger charge is 2.33. The molecule has 2 unspecified atom stereocenters. The van der Waals surface area contributed by atoms with E-state index in [0.29, 0.717) is 18.3 Å². The summed E-state index contributed by atoms with van der Waals surface area (Å²) < 4.78 is 5.12. The Morgan fingerprint density at radius 2 is 2.00 bits per heavy atom. The molecule has 0 saturated carbocycles. The van der Waals surface area contributed by atoms with Crippen molar-refractivity contribution >= 4 is 5.91 Å². The summed E-state index contributed by atoms with van der Waals surface area (Å²) in [6.45, 7) is 15.8. The third kappa shape index (κ3) is 5.06. The first-order valence-electron chi connectivity index (χ1n) is 8.89. The molecule has 5 heteroatoms. The fraction of sp³-hybridized carbons (Fsp3) is 0.778. The molecule has 0 spiro atoms. The summed E-state index contributed by atoms with van der Waals surface area (Å²) in [6.07, 6.45) is 2.92. The molecule has 1 amide bonds. The van der Waals surface area contributed by atoms with Crippen molar-refractivity contribution in [2.24, 2.45) is 5.41 Å². The number of carbonyl (C=O) groups is 1. The molecule has 1 N–H and O–H groups in total. The molecule has 23 heavy (non-hydrogen) atoms. The Bertz CT molecular complexity index is 482. The van der Waals surface area contributed by atoms with Gasteiger partial charge in [0.15, 0.2) is 5.69 Å².